The normalized spacial score (nSPS) is 24.3. The summed E-state index contributed by atoms with van der Waals surface area (Å²) in [6, 6.07) is 1.77. The smallest absolute Gasteiger partial charge is 0.307 e. The lowest BCUT2D eigenvalue weighted by Gasteiger charge is -2.02. The Balaban J connectivity index is 2.04. The van der Waals surface area contributed by atoms with Crippen molar-refractivity contribution in [2.75, 3.05) is 5.32 Å². The van der Waals surface area contributed by atoms with E-state index in [1.807, 2.05) is 13.8 Å². The highest BCUT2D eigenvalue weighted by Gasteiger charge is 2.65. The first-order valence-electron chi connectivity index (χ1n) is 6.34. The van der Waals surface area contributed by atoms with Gasteiger partial charge in [-0.1, -0.05) is 27.7 Å². The Kier molecular flexibility index (Phi) is 3.12. The van der Waals surface area contributed by atoms with Crippen LogP contribution < -0.4 is 5.32 Å². The zero-order valence-electron chi connectivity index (χ0n) is 11.5. The predicted octanol–water partition coefficient (Wildman–Crippen LogP) is 1.83. The maximum atomic E-state index is 12.1. The molecule has 1 aliphatic rings. The Labute approximate surface area is 111 Å². The van der Waals surface area contributed by atoms with Gasteiger partial charge in [0.05, 0.1) is 11.8 Å². The summed E-state index contributed by atoms with van der Waals surface area (Å²) in [4.78, 5) is 23.1. The van der Waals surface area contributed by atoms with Crippen LogP contribution in [-0.2, 0) is 9.59 Å². The average Bonchev–Trinajstić information content (AvgIpc) is 2.67. The number of carboxylic acid groups (broad SMARTS) is 1. The van der Waals surface area contributed by atoms with Crippen molar-refractivity contribution in [2.45, 2.75) is 33.6 Å². The molecule has 0 saturated heterocycles. The number of hydrogen-bond donors (Lipinski definition) is 3. The van der Waals surface area contributed by atoms with Gasteiger partial charge in [0, 0.05) is 11.8 Å². The molecule has 0 aromatic carbocycles. The number of aliphatic carboxylic acids is 1. The zero-order valence-corrected chi connectivity index (χ0v) is 11.5. The van der Waals surface area contributed by atoms with Crippen LogP contribution in [0.4, 0.5) is 5.82 Å². The third-order valence-electron chi connectivity index (χ3n) is 3.85. The summed E-state index contributed by atoms with van der Waals surface area (Å²) in [6.07, 6.45) is 0. The minimum atomic E-state index is -0.921. The summed E-state index contributed by atoms with van der Waals surface area (Å²) in [5.41, 5.74) is 0.438. The first-order valence-corrected chi connectivity index (χ1v) is 6.34. The lowest BCUT2D eigenvalue weighted by molar-refractivity contribution is -0.140. The molecule has 6 nitrogen and oxygen atoms in total. The fraction of sp³-hybridized carbons (Fsp3) is 0.615. The molecule has 1 aliphatic carbocycles. The third-order valence-corrected chi connectivity index (χ3v) is 3.85. The quantitative estimate of drug-likeness (QED) is 0.774. The molecule has 1 fully saturated rings. The molecule has 104 valence electrons. The second kappa shape index (κ2) is 4.36. The average molecular weight is 265 g/mol. The molecule has 0 radical (unpaired) electrons. The van der Waals surface area contributed by atoms with E-state index in [1.165, 1.54) is 0 Å². The van der Waals surface area contributed by atoms with E-state index in [2.05, 4.69) is 15.5 Å². The summed E-state index contributed by atoms with van der Waals surface area (Å²) < 4.78 is 0. The van der Waals surface area contributed by atoms with Crippen LogP contribution in [0.3, 0.4) is 0 Å². The molecule has 0 unspecified atom stereocenters. The molecule has 1 amide bonds. The van der Waals surface area contributed by atoms with Gasteiger partial charge in [-0.2, -0.15) is 5.10 Å². The first kappa shape index (κ1) is 13.6. The summed E-state index contributed by atoms with van der Waals surface area (Å²) in [5.74, 6) is -1.57. The predicted molar refractivity (Wildman–Crippen MR) is 69.7 cm³/mol. The minimum Gasteiger partial charge on any atom is -0.481 e. The van der Waals surface area contributed by atoms with Gasteiger partial charge in [-0.25, -0.2) is 0 Å². The first-order chi connectivity index (χ1) is 8.75. The SMILES string of the molecule is CC(C)c1cc(NC(=O)[C@H]2[C@@H](C(=O)O)C2(C)C)n[nH]1. The second-order valence-corrected chi connectivity index (χ2v) is 5.97. The number of H-pyrrole nitrogens is 1. The number of carbonyl (C=O) groups excluding carboxylic acids is 1. The summed E-state index contributed by atoms with van der Waals surface area (Å²) in [7, 11) is 0. The molecule has 2 rings (SSSR count). The molecule has 1 heterocycles. The van der Waals surface area contributed by atoms with Crippen LogP contribution in [0.1, 0.15) is 39.3 Å². The Bertz CT molecular complexity index is 519. The Morgan fingerprint density at radius 3 is 2.47 bits per heavy atom. The molecule has 2 atom stereocenters. The summed E-state index contributed by atoms with van der Waals surface area (Å²) in [6.45, 7) is 7.62. The van der Waals surface area contributed by atoms with Crippen molar-refractivity contribution in [3.8, 4) is 0 Å². The van der Waals surface area contributed by atoms with E-state index < -0.39 is 23.2 Å². The summed E-state index contributed by atoms with van der Waals surface area (Å²) in [5, 5.41) is 18.6. The van der Waals surface area contributed by atoms with Gasteiger partial charge >= 0.3 is 5.97 Å². The number of nitrogens with zero attached hydrogens (tertiary/aromatic N) is 1. The van der Waals surface area contributed by atoms with Gasteiger partial charge in [0.2, 0.25) is 5.91 Å². The van der Waals surface area contributed by atoms with Crippen molar-refractivity contribution in [1.82, 2.24) is 10.2 Å². The largest absolute Gasteiger partial charge is 0.481 e. The van der Waals surface area contributed by atoms with Crippen LogP contribution in [0.25, 0.3) is 0 Å². The molecule has 1 aromatic heterocycles. The minimum absolute atomic E-state index is 0.279. The van der Waals surface area contributed by atoms with Gasteiger partial charge < -0.3 is 10.4 Å². The number of aromatic nitrogens is 2. The van der Waals surface area contributed by atoms with E-state index in [0.717, 1.165) is 5.69 Å². The highest BCUT2D eigenvalue weighted by atomic mass is 16.4. The molecule has 19 heavy (non-hydrogen) atoms. The monoisotopic (exact) mass is 265 g/mol. The van der Waals surface area contributed by atoms with Crippen molar-refractivity contribution >= 4 is 17.7 Å². The molecule has 0 aliphatic heterocycles. The van der Waals surface area contributed by atoms with E-state index >= 15 is 0 Å². The standard InChI is InChI=1S/C13H19N3O3/c1-6(2)7-5-8(16-15-7)14-11(17)9-10(12(18)19)13(9,3)4/h5-6,9-10H,1-4H3,(H,18,19)(H2,14,15,16,17)/t9-,10+/m1/s1. The van der Waals surface area contributed by atoms with Gasteiger partial charge in [-0.3, -0.25) is 14.7 Å². The van der Waals surface area contributed by atoms with Crippen LogP contribution in [0.5, 0.6) is 0 Å². The van der Waals surface area contributed by atoms with E-state index in [-0.39, 0.29) is 5.91 Å². The Morgan fingerprint density at radius 2 is 2.05 bits per heavy atom. The lowest BCUT2D eigenvalue weighted by atomic mass is 10.1. The van der Waals surface area contributed by atoms with Crippen molar-refractivity contribution in [3.05, 3.63) is 11.8 Å². The maximum absolute atomic E-state index is 12.1. The third kappa shape index (κ3) is 2.34. The van der Waals surface area contributed by atoms with Crippen molar-refractivity contribution < 1.29 is 14.7 Å². The topological polar surface area (TPSA) is 95.1 Å². The molecular formula is C13H19N3O3. The van der Waals surface area contributed by atoms with Gasteiger partial charge in [0.1, 0.15) is 0 Å². The van der Waals surface area contributed by atoms with E-state index in [9.17, 15) is 9.59 Å². The number of carbonyl (C=O) groups is 2. The van der Waals surface area contributed by atoms with Gasteiger partial charge in [-0.05, 0) is 11.3 Å². The second-order valence-electron chi connectivity index (χ2n) is 5.97. The molecular weight excluding hydrogens is 246 g/mol. The van der Waals surface area contributed by atoms with Gasteiger partial charge in [-0.15, -0.1) is 0 Å². The fourth-order valence-corrected chi connectivity index (χ4v) is 2.49. The Morgan fingerprint density at radius 1 is 1.42 bits per heavy atom. The van der Waals surface area contributed by atoms with E-state index in [4.69, 9.17) is 5.11 Å². The van der Waals surface area contributed by atoms with Gasteiger partial charge in [0.15, 0.2) is 5.82 Å². The van der Waals surface area contributed by atoms with E-state index in [1.54, 1.807) is 19.9 Å². The van der Waals surface area contributed by atoms with Crippen molar-refractivity contribution in [2.24, 2.45) is 17.3 Å². The number of amides is 1. The lowest BCUT2D eigenvalue weighted by Crippen LogP contribution is -2.17. The van der Waals surface area contributed by atoms with E-state index in [0.29, 0.717) is 11.7 Å². The fourth-order valence-electron chi connectivity index (χ4n) is 2.49. The highest BCUT2D eigenvalue weighted by Crippen LogP contribution is 2.58. The van der Waals surface area contributed by atoms with Crippen LogP contribution >= 0.6 is 0 Å². The number of carboxylic acids is 1. The van der Waals surface area contributed by atoms with Crippen molar-refractivity contribution in [1.29, 1.82) is 0 Å². The molecule has 1 aromatic rings. The number of hydrogen-bond acceptors (Lipinski definition) is 3. The van der Waals surface area contributed by atoms with Crippen LogP contribution in [0.15, 0.2) is 6.07 Å². The number of anilines is 1. The number of nitrogens with one attached hydrogen (secondary N) is 2. The van der Waals surface area contributed by atoms with Crippen LogP contribution in [0.2, 0.25) is 0 Å². The maximum Gasteiger partial charge on any atom is 0.307 e. The van der Waals surface area contributed by atoms with Crippen molar-refractivity contribution in [3.63, 3.8) is 0 Å². The highest BCUT2D eigenvalue weighted by molar-refractivity contribution is 5.99. The van der Waals surface area contributed by atoms with Crippen LogP contribution in [0, 0.1) is 17.3 Å². The molecule has 0 bridgehead atoms. The molecule has 6 heteroatoms. The molecule has 3 N–H and O–H groups in total. The van der Waals surface area contributed by atoms with Gasteiger partial charge in [0.25, 0.3) is 0 Å². The number of aromatic amines is 1. The Hall–Kier alpha value is -1.85. The zero-order chi connectivity index (χ0) is 14.4. The number of rotatable bonds is 4. The molecule has 1 saturated carbocycles. The van der Waals surface area contributed by atoms with Crippen LogP contribution in [-0.4, -0.2) is 27.2 Å². The molecule has 0 spiro atoms. The summed E-state index contributed by atoms with van der Waals surface area (Å²) >= 11 is 0.